The van der Waals surface area contributed by atoms with Gasteiger partial charge in [-0.2, -0.15) is 13.2 Å². The fourth-order valence-corrected chi connectivity index (χ4v) is 2.93. The minimum absolute atomic E-state index is 0.240. The summed E-state index contributed by atoms with van der Waals surface area (Å²) in [4.78, 5) is 5.95. The summed E-state index contributed by atoms with van der Waals surface area (Å²) >= 11 is 0. The van der Waals surface area contributed by atoms with E-state index < -0.39 is 18.3 Å². The van der Waals surface area contributed by atoms with Gasteiger partial charge in [-0.25, -0.2) is 4.98 Å². The van der Waals surface area contributed by atoms with E-state index in [0.717, 1.165) is 31.6 Å². The summed E-state index contributed by atoms with van der Waals surface area (Å²) in [5, 5.41) is 9.38. The van der Waals surface area contributed by atoms with Crippen LogP contribution in [0.4, 0.5) is 19.0 Å². The second-order valence-corrected chi connectivity index (χ2v) is 5.55. The Bertz CT molecular complexity index is 470. The first-order valence-electron chi connectivity index (χ1n) is 7.37. The van der Waals surface area contributed by atoms with Crippen LogP contribution in [0.15, 0.2) is 12.3 Å². The molecule has 21 heavy (non-hydrogen) atoms. The summed E-state index contributed by atoms with van der Waals surface area (Å²) in [7, 11) is 0. The summed E-state index contributed by atoms with van der Waals surface area (Å²) in [5.41, 5.74) is -0.572. The van der Waals surface area contributed by atoms with Crippen LogP contribution in [0.5, 0.6) is 0 Å². The van der Waals surface area contributed by atoms with Gasteiger partial charge in [-0.3, -0.25) is 0 Å². The van der Waals surface area contributed by atoms with E-state index in [0.29, 0.717) is 18.3 Å². The van der Waals surface area contributed by atoms with Crippen molar-refractivity contribution < 1.29 is 18.3 Å². The van der Waals surface area contributed by atoms with Crippen molar-refractivity contribution in [3.8, 4) is 0 Å². The molecule has 0 amide bonds. The Hall–Kier alpha value is -1.30. The molecule has 1 fully saturated rings. The zero-order chi connectivity index (χ0) is 15.5. The molecule has 1 aliphatic carbocycles. The standard InChI is InChI=1S/C15H21F3N2O/c1-2-20(9-11-5-3-4-6-11)14-12(10-21)7-13(8-19-14)15(16,17)18/h7-8,11,21H,2-6,9-10H2,1H3. The molecule has 1 N–H and O–H groups in total. The topological polar surface area (TPSA) is 36.4 Å². The van der Waals surface area contributed by atoms with Crippen molar-refractivity contribution >= 4 is 5.82 Å². The monoisotopic (exact) mass is 302 g/mol. The van der Waals surface area contributed by atoms with Gasteiger partial charge in [0.25, 0.3) is 0 Å². The molecule has 0 bridgehead atoms. The van der Waals surface area contributed by atoms with Crippen molar-refractivity contribution in [2.75, 3.05) is 18.0 Å². The number of hydrogen-bond donors (Lipinski definition) is 1. The molecule has 0 aromatic carbocycles. The van der Waals surface area contributed by atoms with Crippen LogP contribution in [0, 0.1) is 5.92 Å². The van der Waals surface area contributed by atoms with Gasteiger partial charge >= 0.3 is 6.18 Å². The van der Waals surface area contributed by atoms with Gasteiger partial charge in [0.1, 0.15) is 5.82 Å². The lowest BCUT2D eigenvalue weighted by Crippen LogP contribution is -2.30. The largest absolute Gasteiger partial charge is 0.417 e. The Kier molecular flexibility index (Phi) is 5.08. The zero-order valence-corrected chi connectivity index (χ0v) is 12.2. The van der Waals surface area contributed by atoms with Crippen molar-refractivity contribution in [1.82, 2.24) is 4.98 Å². The summed E-state index contributed by atoms with van der Waals surface area (Å²) in [6.07, 6.45) is 1.17. The molecule has 0 atom stereocenters. The van der Waals surface area contributed by atoms with E-state index in [4.69, 9.17) is 0 Å². The third-order valence-corrected chi connectivity index (χ3v) is 4.08. The lowest BCUT2D eigenvalue weighted by molar-refractivity contribution is -0.137. The number of aliphatic hydroxyl groups is 1. The summed E-state index contributed by atoms with van der Waals surface area (Å²) < 4.78 is 38.1. The number of halogens is 3. The van der Waals surface area contributed by atoms with Gasteiger partial charge in [-0.1, -0.05) is 12.8 Å². The lowest BCUT2D eigenvalue weighted by Gasteiger charge is -2.27. The molecule has 0 aliphatic heterocycles. The van der Waals surface area contributed by atoms with Crippen LogP contribution < -0.4 is 4.90 Å². The zero-order valence-electron chi connectivity index (χ0n) is 12.2. The molecule has 1 aromatic rings. The first-order valence-corrected chi connectivity index (χ1v) is 7.37. The average molecular weight is 302 g/mol. The number of aromatic nitrogens is 1. The molecular formula is C15H21F3N2O. The van der Waals surface area contributed by atoms with Gasteiger partial charge in [0.05, 0.1) is 12.2 Å². The van der Waals surface area contributed by atoms with Crippen LogP contribution in [0.2, 0.25) is 0 Å². The molecule has 2 rings (SSSR count). The van der Waals surface area contributed by atoms with Crippen molar-refractivity contribution in [1.29, 1.82) is 0 Å². The van der Waals surface area contributed by atoms with Crippen molar-refractivity contribution in [3.63, 3.8) is 0 Å². The molecule has 1 aliphatic rings. The molecule has 118 valence electrons. The molecule has 0 unspecified atom stereocenters. The van der Waals surface area contributed by atoms with E-state index in [1.807, 2.05) is 11.8 Å². The number of alkyl halides is 3. The van der Waals surface area contributed by atoms with E-state index >= 15 is 0 Å². The number of pyridine rings is 1. The SMILES string of the molecule is CCN(CC1CCCC1)c1ncc(C(F)(F)F)cc1CO. The minimum Gasteiger partial charge on any atom is -0.392 e. The predicted molar refractivity (Wildman–Crippen MR) is 75.0 cm³/mol. The highest BCUT2D eigenvalue weighted by atomic mass is 19.4. The van der Waals surface area contributed by atoms with E-state index in [9.17, 15) is 18.3 Å². The highest BCUT2D eigenvalue weighted by Gasteiger charge is 2.32. The molecule has 3 nitrogen and oxygen atoms in total. The normalized spacial score (nSPS) is 16.4. The number of anilines is 1. The van der Waals surface area contributed by atoms with E-state index in [2.05, 4.69) is 4.98 Å². The van der Waals surface area contributed by atoms with Crippen LogP contribution in [0.25, 0.3) is 0 Å². The number of hydrogen-bond acceptors (Lipinski definition) is 3. The van der Waals surface area contributed by atoms with Gasteiger partial charge in [0.2, 0.25) is 0 Å². The van der Waals surface area contributed by atoms with E-state index in [1.165, 1.54) is 12.8 Å². The van der Waals surface area contributed by atoms with Crippen LogP contribution in [-0.2, 0) is 12.8 Å². The summed E-state index contributed by atoms with van der Waals surface area (Å²) in [6, 6.07) is 1.000. The van der Waals surface area contributed by atoms with Crippen molar-refractivity contribution in [3.05, 3.63) is 23.4 Å². The van der Waals surface area contributed by atoms with Crippen molar-refractivity contribution in [2.45, 2.75) is 45.4 Å². The smallest absolute Gasteiger partial charge is 0.392 e. The maximum absolute atomic E-state index is 12.7. The third-order valence-electron chi connectivity index (χ3n) is 4.08. The number of nitrogens with zero attached hydrogens (tertiary/aromatic N) is 2. The van der Waals surface area contributed by atoms with Gasteiger partial charge in [0, 0.05) is 24.8 Å². The number of rotatable bonds is 5. The Labute approximate surface area is 122 Å². The van der Waals surface area contributed by atoms with Crippen LogP contribution >= 0.6 is 0 Å². The van der Waals surface area contributed by atoms with Crippen LogP contribution in [-0.4, -0.2) is 23.2 Å². The van der Waals surface area contributed by atoms with E-state index in [1.54, 1.807) is 0 Å². The third kappa shape index (κ3) is 3.87. The Morgan fingerprint density at radius 1 is 1.33 bits per heavy atom. The Balaban J connectivity index is 2.23. The first kappa shape index (κ1) is 16.1. The molecule has 1 aromatic heterocycles. The molecule has 6 heteroatoms. The Morgan fingerprint density at radius 3 is 2.52 bits per heavy atom. The maximum Gasteiger partial charge on any atom is 0.417 e. The highest BCUT2D eigenvalue weighted by molar-refractivity contribution is 5.48. The Morgan fingerprint density at radius 2 is 2.00 bits per heavy atom. The van der Waals surface area contributed by atoms with Gasteiger partial charge in [0.15, 0.2) is 0 Å². The van der Waals surface area contributed by atoms with Crippen molar-refractivity contribution in [2.24, 2.45) is 5.92 Å². The average Bonchev–Trinajstić information content (AvgIpc) is 2.96. The second kappa shape index (κ2) is 6.64. The quantitative estimate of drug-likeness (QED) is 0.902. The summed E-state index contributed by atoms with van der Waals surface area (Å²) in [5.74, 6) is 1.04. The highest BCUT2D eigenvalue weighted by Crippen LogP contribution is 2.32. The van der Waals surface area contributed by atoms with E-state index in [-0.39, 0.29) is 5.56 Å². The molecule has 0 spiro atoms. The molecule has 1 heterocycles. The van der Waals surface area contributed by atoms with Gasteiger partial charge in [-0.15, -0.1) is 0 Å². The fourth-order valence-electron chi connectivity index (χ4n) is 2.93. The molecule has 0 radical (unpaired) electrons. The number of aliphatic hydroxyl groups excluding tert-OH is 1. The summed E-state index contributed by atoms with van der Waals surface area (Å²) in [6.45, 7) is 2.98. The maximum atomic E-state index is 12.7. The fraction of sp³-hybridized carbons (Fsp3) is 0.667. The van der Waals surface area contributed by atoms with Crippen LogP contribution in [0.3, 0.4) is 0 Å². The minimum atomic E-state index is -4.43. The lowest BCUT2D eigenvalue weighted by atomic mass is 10.1. The van der Waals surface area contributed by atoms with Gasteiger partial charge < -0.3 is 10.0 Å². The molecule has 1 saturated carbocycles. The molecule has 0 saturated heterocycles. The molecular weight excluding hydrogens is 281 g/mol. The second-order valence-electron chi connectivity index (χ2n) is 5.55. The predicted octanol–water partition coefficient (Wildman–Crippen LogP) is 3.61. The van der Waals surface area contributed by atoms with Gasteiger partial charge in [-0.05, 0) is 31.7 Å². The van der Waals surface area contributed by atoms with Crippen LogP contribution in [0.1, 0.15) is 43.7 Å². The first-order chi connectivity index (χ1) is 9.95.